The molecular formula is C16H23N3. The first-order chi connectivity index (χ1) is 9.19. The summed E-state index contributed by atoms with van der Waals surface area (Å²) in [6.07, 6.45) is 0.615. The predicted octanol–water partition coefficient (Wildman–Crippen LogP) is 2.35. The van der Waals surface area contributed by atoms with Gasteiger partial charge in [-0.05, 0) is 18.5 Å². The fraction of sp³-hybridized carbons (Fsp3) is 0.562. The first-order valence-electron chi connectivity index (χ1n) is 7.02. The lowest BCUT2D eigenvalue weighted by atomic mass is 10.1. The molecule has 102 valence electrons. The van der Waals surface area contributed by atoms with Crippen molar-refractivity contribution in [2.75, 3.05) is 26.7 Å². The van der Waals surface area contributed by atoms with E-state index in [-0.39, 0.29) is 0 Å². The van der Waals surface area contributed by atoms with E-state index < -0.39 is 0 Å². The van der Waals surface area contributed by atoms with Crippen LogP contribution in [0.15, 0.2) is 30.3 Å². The highest BCUT2D eigenvalue weighted by atomic mass is 15.2. The van der Waals surface area contributed by atoms with Gasteiger partial charge in [0, 0.05) is 32.2 Å². The molecule has 1 aliphatic heterocycles. The maximum Gasteiger partial charge on any atom is 0.0638 e. The van der Waals surface area contributed by atoms with Crippen molar-refractivity contribution in [1.29, 1.82) is 5.26 Å². The van der Waals surface area contributed by atoms with E-state index in [1.165, 1.54) is 5.56 Å². The fourth-order valence-corrected chi connectivity index (χ4v) is 3.00. The smallest absolute Gasteiger partial charge is 0.0638 e. The van der Waals surface area contributed by atoms with Crippen molar-refractivity contribution in [2.45, 2.75) is 25.9 Å². The normalized spacial score (nSPS) is 25.7. The molecule has 2 rings (SSSR count). The third kappa shape index (κ3) is 4.05. The van der Waals surface area contributed by atoms with Gasteiger partial charge < -0.3 is 4.90 Å². The molecule has 0 radical (unpaired) electrons. The summed E-state index contributed by atoms with van der Waals surface area (Å²) in [5.41, 5.74) is 1.34. The summed E-state index contributed by atoms with van der Waals surface area (Å²) in [5, 5.41) is 9.05. The van der Waals surface area contributed by atoms with Gasteiger partial charge in [0.2, 0.25) is 0 Å². The molecule has 0 saturated carbocycles. The molecule has 1 heterocycles. The van der Waals surface area contributed by atoms with Crippen molar-refractivity contribution < 1.29 is 0 Å². The monoisotopic (exact) mass is 257 g/mol. The summed E-state index contributed by atoms with van der Waals surface area (Å²) < 4.78 is 0. The van der Waals surface area contributed by atoms with Gasteiger partial charge in [0.25, 0.3) is 0 Å². The van der Waals surface area contributed by atoms with Crippen molar-refractivity contribution in [3.05, 3.63) is 35.9 Å². The molecule has 1 fully saturated rings. The molecule has 1 aromatic carbocycles. The Kier molecular flexibility index (Phi) is 4.95. The molecule has 0 aromatic heterocycles. The number of rotatable bonds is 3. The minimum atomic E-state index is 0.347. The summed E-state index contributed by atoms with van der Waals surface area (Å²) in [6, 6.07) is 13.3. The lowest BCUT2D eigenvalue weighted by Crippen LogP contribution is -2.39. The zero-order valence-electron chi connectivity index (χ0n) is 11.9. The molecule has 19 heavy (non-hydrogen) atoms. The van der Waals surface area contributed by atoms with E-state index in [0.29, 0.717) is 18.4 Å². The average Bonchev–Trinajstić information content (AvgIpc) is 2.50. The van der Waals surface area contributed by atoms with E-state index in [9.17, 15) is 0 Å². The van der Waals surface area contributed by atoms with E-state index >= 15 is 0 Å². The maximum atomic E-state index is 9.05. The predicted molar refractivity (Wildman–Crippen MR) is 77.5 cm³/mol. The summed E-state index contributed by atoms with van der Waals surface area (Å²) in [6.45, 7) is 6.43. The van der Waals surface area contributed by atoms with Gasteiger partial charge in [0.15, 0.2) is 0 Å². The van der Waals surface area contributed by atoms with Crippen molar-refractivity contribution >= 4 is 0 Å². The van der Waals surface area contributed by atoms with Crippen LogP contribution in [0.2, 0.25) is 0 Å². The van der Waals surface area contributed by atoms with Crippen LogP contribution in [0, 0.1) is 17.2 Å². The Morgan fingerprint density at radius 3 is 2.63 bits per heavy atom. The molecule has 0 bridgehead atoms. The second kappa shape index (κ2) is 6.70. The summed E-state index contributed by atoms with van der Waals surface area (Å²) in [5.74, 6) is 0.650. The van der Waals surface area contributed by atoms with Crippen LogP contribution in [-0.4, -0.2) is 42.5 Å². The second-order valence-electron chi connectivity index (χ2n) is 5.76. The van der Waals surface area contributed by atoms with Crippen molar-refractivity contribution in [2.24, 2.45) is 5.92 Å². The second-order valence-corrected chi connectivity index (χ2v) is 5.76. The SMILES string of the molecule is CC1CN(C)CC(CC#N)N(Cc2ccccc2)C1. The Hall–Kier alpha value is -1.37. The standard InChI is InChI=1S/C16H23N3/c1-14-10-18(2)13-16(8-9-17)19(11-14)12-15-6-4-3-5-7-15/h3-7,14,16H,8,10-13H2,1-2H3. The Bertz CT molecular complexity index is 423. The first-order valence-corrected chi connectivity index (χ1v) is 7.02. The number of hydrogen-bond donors (Lipinski definition) is 0. The van der Waals surface area contributed by atoms with Crippen LogP contribution in [0.1, 0.15) is 18.9 Å². The van der Waals surface area contributed by atoms with Crippen molar-refractivity contribution in [1.82, 2.24) is 9.80 Å². The summed E-state index contributed by atoms with van der Waals surface area (Å²) in [4.78, 5) is 4.84. The van der Waals surface area contributed by atoms with Gasteiger partial charge in [0.1, 0.15) is 0 Å². The lowest BCUT2D eigenvalue weighted by Gasteiger charge is -2.29. The molecule has 1 aliphatic rings. The van der Waals surface area contributed by atoms with Crippen molar-refractivity contribution in [3.63, 3.8) is 0 Å². The highest BCUT2D eigenvalue weighted by Crippen LogP contribution is 2.18. The Labute approximate surface area is 116 Å². The van der Waals surface area contributed by atoms with E-state index in [2.05, 4.69) is 60.2 Å². The zero-order valence-corrected chi connectivity index (χ0v) is 11.9. The molecule has 0 spiro atoms. The molecule has 1 aromatic rings. The number of nitrogens with zero attached hydrogens (tertiary/aromatic N) is 3. The highest BCUT2D eigenvalue weighted by molar-refractivity contribution is 5.14. The van der Waals surface area contributed by atoms with Gasteiger partial charge in [-0.25, -0.2) is 0 Å². The van der Waals surface area contributed by atoms with E-state index in [4.69, 9.17) is 5.26 Å². The molecule has 0 N–H and O–H groups in total. The summed E-state index contributed by atoms with van der Waals surface area (Å²) >= 11 is 0. The van der Waals surface area contributed by atoms with Gasteiger partial charge in [-0.2, -0.15) is 5.26 Å². The van der Waals surface area contributed by atoms with Crippen LogP contribution in [0.3, 0.4) is 0 Å². The first kappa shape index (κ1) is 14.0. The van der Waals surface area contributed by atoms with Gasteiger partial charge >= 0.3 is 0 Å². The Morgan fingerprint density at radius 2 is 1.95 bits per heavy atom. The molecule has 3 nitrogen and oxygen atoms in total. The lowest BCUT2D eigenvalue weighted by molar-refractivity contribution is 0.176. The average molecular weight is 257 g/mol. The van der Waals surface area contributed by atoms with E-state index in [0.717, 1.165) is 26.2 Å². The number of hydrogen-bond acceptors (Lipinski definition) is 3. The van der Waals surface area contributed by atoms with Crippen LogP contribution >= 0.6 is 0 Å². The molecular weight excluding hydrogens is 234 g/mol. The van der Waals surface area contributed by atoms with Crippen LogP contribution < -0.4 is 0 Å². The van der Waals surface area contributed by atoms with Crippen LogP contribution in [-0.2, 0) is 6.54 Å². The van der Waals surface area contributed by atoms with E-state index in [1.807, 2.05) is 0 Å². The Balaban J connectivity index is 2.11. The number of likely N-dealkylation sites (N-methyl/N-ethyl adjacent to an activating group) is 1. The molecule has 0 amide bonds. The van der Waals surface area contributed by atoms with Crippen LogP contribution in [0.5, 0.6) is 0 Å². The molecule has 0 aliphatic carbocycles. The molecule has 3 heteroatoms. The third-order valence-corrected chi connectivity index (χ3v) is 3.76. The summed E-state index contributed by atoms with van der Waals surface area (Å²) in [7, 11) is 2.16. The van der Waals surface area contributed by atoms with Gasteiger partial charge in [-0.3, -0.25) is 4.90 Å². The van der Waals surface area contributed by atoms with Crippen molar-refractivity contribution in [3.8, 4) is 6.07 Å². The maximum absolute atomic E-state index is 9.05. The molecule has 2 atom stereocenters. The van der Waals surface area contributed by atoms with Gasteiger partial charge in [-0.1, -0.05) is 37.3 Å². The fourth-order valence-electron chi connectivity index (χ4n) is 3.00. The largest absolute Gasteiger partial charge is 0.304 e. The van der Waals surface area contributed by atoms with Crippen LogP contribution in [0.4, 0.5) is 0 Å². The van der Waals surface area contributed by atoms with E-state index in [1.54, 1.807) is 0 Å². The Morgan fingerprint density at radius 1 is 1.21 bits per heavy atom. The molecule has 1 saturated heterocycles. The quantitative estimate of drug-likeness (QED) is 0.832. The topological polar surface area (TPSA) is 30.3 Å². The number of nitriles is 1. The zero-order chi connectivity index (χ0) is 13.7. The highest BCUT2D eigenvalue weighted by Gasteiger charge is 2.26. The van der Waals surface area contributed by atoms with Gasteiger partial charge in [-0.15, -0.1) is 0 Å². The molecule has 2 unspecified atom stereocenters. The minimum absolute atomic E-state index is 0.347. The third-order valence-electron chi connectivity index (χ3n) is 3.76. The van der Waals surface area contributed by atoms with Crippen LogP contribution in [0.25, 0.3) is 0 Å². The van der Waals surface area contributed by atoms with Gasteiger partial charge in [0.05, 0.1) is 12.5 Å². The number of benzene rings is 1. The minimum Gasteiger partial charge on any atom is -0.304 e.